The minimum Gasteiger partial charge on any atom is -0.352 e. The van der Waals surface area contributed by atoms with E-state index in [-0.39, 0.29) is 11.5 Å². The molecule has 0 saturated heterocycles. The summed E-state index contributed by atoms with van der Waals surface area (Å²) in [6, 6.07) is 6.39. The van der Waals surface area contributed by atoms with Crippen LogP contribution in [0.4, 0.5) is 8.78 Å². The molecule has 2 heterocycles. The van der Waals surface area contributed by atoms with E-state index < -0.39 is 11.6 Å². The van der Waals surface area contributed by atoms with Crippen LogP contribution in [0.3, 0.4) is 0 Å². The fourth-order valence-electron chi connectivity index (χ4n) is 2.49. The lowest BCUT2D eigenvalue weighted by Crippen LogP contribution is -2.25. The molecule has 0 aliphatic heterocycles. The topological polar surface area (TPSA) is 59.3 Å². The lowest BCUT2D eigenvalue weighted by atomic mass is 10.1. The molecule has 25 heavy (non-hydrogen) atoms. The maximum atomic E-state index is 13.4. The number of hydrogen-bond donors (Lipinski definition) is 1. The van der Waals surface area contributed by atoms with Gasteiger partial charge in [0, 0.05) is 29.9 Å². The van der Waals surface area contributed by atoms with E-state index in [2.05, 4.69) is 29.4 Å². The molecule has 130 valence electrons. The Labute approximate surface area is 143 Å². The highest BCUT2D eigenvalue weighted by Crippen LogP contribution is 2.21. The van der Waals surface area contributed by atoms with E-state index in [0.29, 0.717) is 29.5 Å². The molecule has 5 nitrogen and oxygen atoms in total. The van der Waals surface area contributed by atoms with E-state index in [9.17, 15) is 13.6 Å². The van der Waals surface area contributed by atoms with Gasteiger partial charge in [-0.15, -0.1) is 10.2 Å². The van der Waals surface area contributed by atoms with Gasteiger partial charge >= 0.3 is 0 Å². The number of nitrogens with one attached hydrogen (secondary N) is 1. The SMILES string of the molecule is CC(C)CCNC(=O)c1ccn2c(-c3cc(F)cc(F)c3)nnc2c1. The highest BCUT2D eigenvalue weighted by atomic mass is 19.1. The largest absolute Gasteiger partial charge is 0.352 e. The van der Waals surface area contributed by atoms with Crippen LogP contribution in [0, 0.1) is 17.6 Å². The third-order valence-electron chi connectivity index (χ3n) is 3.80. The highest BCUT2D eigenvalue weighted by molar-refractivity contribution is 5.95. The quantitative estimate of drug-likeness (QED) is 0.771. The number of carbonyl (C=O) groups excluding carboxylic acids is 1. The maximum Gasteiger partial charge on any atom is 0.251 e. The van der Waals surface area contributed by atoms with Crippen LogP contribution in [0.5, 0.6) is 0 Å². The number of amides is 1. The second kappa shape index (κ2) is 6.96. The third-order valence-corrected chi connectivity index (χ3v) is 3.80. The Kier molecular flexibility index (Phi) is 4.74. The molecule has 1 N–H and O–H groups in total. The fourth-order valence-corrected chi connectivity index (χ4v) is 2.49. The standard InChI is InChI=1S/C18H18F2N4O/c1-11(2)3-5-21-18(25)12-4-6-24-16(9-12)22-23-17(24)13-7-14(19)10-15(20)8-13/h4,6-11H,3,5H2,1-2H3,(H,21,25). The zero-order valence-corrected chi connectivity index (χ0v) is 14.0. The van der Waals surface area contributed by atoms with E-state index in [0.717, 1.165) is 12.5 Å². The molecule has 0 aliphatic rings. The van der Waals surface area contributed by atoms with Gasteiger partial charge in [0.2, 0.25) is 0 Å². The molecule has 1 amide bonds. The minimum absolute atomic E-state index is 0.190. The molecule has 0 saturated carbocycles. The maximum absolute atomic E-state index is 13.4. The van der Waals surface area contributed by atoms with Crippen LogP contribution in [0.15, 0.2) is 36.5 Å². The summed E-state index contributed by atoms with van der Waals surface area (Å²) in [6.45, 7) is 4.78. The molecule has 7 heteroatoms. The van der Waals surface area contributed by atoms with Crippen molar-refractivity contribution in [3.8, 4) is 11.4 Å². The second-order valence-corrected chi connectivity index (χ2v) is 6.26. The van der Waals surface area contributed by atoms with Gasteiger partial charge in [0.25, 0.3) is 5.91 Å². The molecule has 0 spiro atoms. The van der Waals surface area contributed by atoms with Crippen molar-refractivity contribution in [1.82, 2.24) is 19.9 Å². The molecule has 3 rings (SSSR count). The summed E-state index contributed by atoms with van der Waals surface area (Å²) >= 11 is 0. The number of rotatable bonds is 5. The summed E-state index contributed by atoms with van der Waals surface area (Å²) in [7, 11) is 0. The summed E-state index contributed by atoms with van der Waals surface area (Å²) in [5.41, 5.74) is 1.16. The normalized spacial score (nSPS) is 11.2. The van der Waals surface area contributed by atoms with E-state index in [1.54, 1.807) is 22.7 Å². The molecule has 0 bridgehead atoms. The second-order valence-electron chi connectivity index (χ2n) is 6.26. The van der Waals surface area contributed by atoms with Gasteiger partial charge in [-0.25, -0.2) is 8.78 Å². The van der Waals surface area contributed by atoms with Crippen molar-refractivity contribution in [2.24, 2.45) is 5.92 Å². The van der Waals surface area contributed by atoms with Crippen LogP contribution in [0.25, 0.3) is 17.0 Å². The number of halogens is 2. The van der Waals surface area contributed by atoms with Gasteiger partial charge in [0.05, 0.1) is 0 Å². The third kappa shape index (κ3) is 3.81. The first-order valence-corrected chi connectivity index (χ1v) is 8.03. The van der Waals surface area contributed by atoms with Crippen molar-refractivity contribution >= 4 is 11.6 Å². The summed E-state index contributed by atoms with van der Waals surface area (Å²) in [5, 5.41) is 10.8. The minimum atomic E-state index is -0.687. The van der Waals surface area contributed by atoms with Crippen molar-refractivity contribution in [2.45, 2.75) is 20.3 Å². The Morgan fingerprint density at radius 2 is 1.88 bits per heavy atom. The Balaban J connectivity index is 1.87. The molecule has 0 fully saturated rings. The number of benzene rings is 1. The molecular formula is C18H18F2N4O. The Hall–Kier alpha value is -2.83. The van der Waals surface area contributed by atoms with E-state index in [4.69, 9.17) is 0 Å². The number of aromatic nitrogens is 3. The first kappa shape index (κ1) is 17.0. The molecule has 0 radical (unpaired) electrons. The lowest BCUT2D eigenvalue weighted by molar-refractivity contribution is 0.0952. The summed E-state index contributed by atoms with van der Waals surface area (Å²) < 4.78 is 28.4. The first-order chi connectivity index (χ1) is 11.9. The number of fused-ring (bicyclic) bond motifs is 1. The van der Waals surface area contributed by atoms with Gasteiger partial charge in [-0.3, -0.25) is 9.20 Å². The molecule has 1 aromatic carbocycles. The highest BCUT2D eigenvalue weighted by Gasteiger charge is 2.13. The monoisotopic (exact) mass is 344 g/mol. The van der Waals surface area contributed by atoms with Gasteiger partial charge < -0.3 is 5.32 Å². The molecule has 3 aromatic rings. The van der Waals surface area contributed by atoms with Gasteiger partial charge in [-0.2, -0.15) is 0 Å². The number of carbonyl (C=O) groups is 1. The average Bonchev–Trinajstić information content (AvgIpc) is 2.96. The van der Waals surface area contributed by atoms with E-state index in [1.807, 2.05) is 0 Å². The summed E-state index contributed by atoms with van der Waals surface area (Å²) in [6.07, 6.45) is 2.51. The number of hydrogen-bond acceptors (Lipinski definition) is 3. The molecule has 0 atom stereocenters. The van der Waals surface area contributed by atoms with Crippen molar-refractivity contribution in [3.63, 3.8) is 0 Å². The number of pyridine rings is 1. The summed E-state index contributed by atoms with van der Waals surface area (Å²) in [4.78, 5) is 12.2. The van der Waals surface area contributed by atoms with Crippen LogP contribution in [-0.4, -0.2) is 27.0 Å². The molecule has 2 aromatic heterocycles. The average molecular weight is 344 g/mol. The van der Waals surface area contributed by atoms with Crippen LogP contribution in [-0.2, 0) is 0 Å². The van der Waals surface area contributed by atoms with Gasteiger partial charge in [-0.1, -0.05) is 13.8 Å². The van der Waals surface area contributed by atoms with Gasteiger partial charge in [0.1, 0.15) is 11.6 Å². The molecular weight excluding hydrogens is 326 g/mol. The predicted octanol–water partition coefficient (Wildman–Crippen LogP) is 3.45. The van der Waals surface area contributed by atoms with Crippen molar-refractivity contribution in [1.29, 1.82) is 0 Å². The zero-order valence-electron chi connectivity index (χ0n) is 14.0. The Morgan fingerprint density at radius 3 is 2.56 bits per heavy atom. The molecule has 0 unspecified atom stereocenters. The predicted molar refractivity (Wildman–Crippen MR) is 90.1 cm³/mol. The number of nitrogens with zero attached hydrogens (tertiary/aromatic N) is 3. The van der Waals surface area contributed by atoms with Crippen LogP contribution in [0.1, 0.15) is 30.6 Å². The summed E-state index contributed by atoms with van der Waals surface area (Å²) in [5.74, 6) is -0.751. The van der Waals surface area contributed by atoms with Crippen LogP contribution in [0.2, 0.25) is 0 Å². The molecule has 0 aliphatic carbocycles. The van der Waals surface area contributed by atoms with Gasteiger partial charge in [-0.05, 0) is 36.6 Å². The van der Waals surface area contributed by atoms with Crippen LogP contribution >= 0.6 is 0 Å². The van der Waals surface area contributed by atoms with Crippen LogP contribution < -0.4 is 5.32 Å². The Morgan fingerprint density at radius 1 is 1.16 bits per heavy atom. The lowest BCUT2D eigenvalue weighted by Gasteiger charge is -2.07. The van der Waals surface area contributed by atoms with Crippen molar-refractivity contribution in [2.75, 3.05) is 6.54 Å². The fraction of sp³-hybridized carbons (Fsp3) is 0.278. The van der Waals surface area contributed by atoms with E-state index in [1.165, 1.54) is 12.1 Å². The zero-order chi connectivity index (χ0) is 18.0. The first-order valence-electron chi connectivity index (χ1n) is 8.03. The van der Waals surface area contributed by atoms with Gasteiger partial charge in [0.15, 0.2) is 11.5 Å². The smallest absolute Gasteiger partial charge is 0.251 e. The van der Waals surface area contributed by atoms with Crippen molar-refractivity contribution < 1.29 is 13.6 Å². The van der Waals surface area contributed by atoms with E-state index >= 15 is 0 Å². The van der Waals surface area contributed by atoms with Crippen molar-refractivity contribution in [3.05, 3.63) is 53.7 Å². The Bertz CT molecular complexity index is 900.